The van der Waals surface area contributed by atoms with Gasteiger partial charge in [-0.1, -0.05) is 18.7 Å². The molecule has 0 heterocycles. The Morgan fingerprint density at radius 1 is 1.22 bits per heavy atom. The molecule has 0 spiro atoms. The van der Waals surface area contributed by atoms with E-state index < -0.39 is 0 Å². The number of ether oxygens (including phenoxy) is 2. The van der Waals surface area contributed by atoms with Crippen molar-refractivity contribution in [3.8, 4) is 11.5 Å². The second-order valence-electron chi connectivity index (χ2n) is 4.62. The van der Waals surface area contributed by atoms with Crippen molar-refractivity contribution in [3.63, 3.8) is 0 Å². The average molecular weight is 318 g/mol. The van der Waals surface area contributed by atoms with Crippen molar-refractivity contribution in [1.82, 2.24) is 10.6 Å². The Morgan fingerprint density at radius 2 is 1.96 bits per heavy atom. The lowest BCUT2D eigenvalue weighted by atomic mass is 10.2. The van der Waals surface area contributed by atoms with Crippen LogP contribution in [0.25, 0.3) is 6.08 Å². The number of hydrogen-bond acceptors (Lipinski definition) is 4. The summed E-state index contributed by atoms with van der Waals surface area (Å²) in [4.78, 5) is 22.3. The second-order valence-corrected chi connectivity index (χ2v) is 4.62. The van der Waals surface area contributed by atoms with Crippen molar-refractivity contribution in [3.05, 3.63) is 42.5 Å². The van der Waals surface area contributed by atoms with E-state index in [2.05, 4.69) is 17.2 Å². The number of methoxy groups -OCH3 is 1. The number of nitrogens with one attached hydrogen (secondary N) is 2. The number of amides is 2. The van der Waals surface area contributed by atoms with E-state index in [0.29, 0.717) is 31.2 Å². The lowest BCUT2D eigenvalue weighted by molar-refractivity contribution is -0.119. The number of hydrogen-bond donors (Lipinski definition) is 2. The Morgan fingerprint density at radius 3 is 2.61 bits per heavy atom. The maximum atomic E-state index is 11.6. The van der Waals surface area contributed by atoms with Crippen LogP contribution in [0.2, 0.25) is 0 Å². The van der Waals surface area contributed by atoms with Crippen molar-refractivity contribution in [2.45, 2.75) is 6.92 Å². The van der Waals surface area contributed by atoms with Crippen LogP contribution in [0.1, 0.15) is 12.5 Å². The van der Waals surface area contributed by atoms with Crippen LogP contribution in [0.5, 0.6) is 11.5 Å². The Kier molecular flexibility index (Phi) is 7.99. The molecule has 0 aliphatic carbocycles. The Bertz CT molecular complexity index is 582. The van der Waals surface area contributed by atoms with Gasteiger partial charge in [0, 0.05) is 26.1 Å². The fourth-order valence-electron chi connectivity index (χ4n) is 1.71. The van der Waals surface area contributed by atoms with Crippen molar-refractivity contribution in [2.75, 3.05) is 26.8 Å². The van der Waals surface area contributed by atoms with Gasteiger partial charge in [0.15, 0.2) is 11.5 Å². The van der Waals surface area contributed by atoms with Gasteiger partial charge in [-0.25, -0.2) is 0 Å². The highest BCUT2D eigenvalue weighted by molar-refractivity contribution is 5.91. The van der Waals surface area contributed by atoms with Crippen LogP contribution in [-0.4, -0.2) is 38.6 Å². The van der Waals surface area contributed by atoms with Gasteiger partial charge >= 0.3 is 0 Å². The van der Waals surface area contributed by atoms with Crippen LogP contribution in [0.3, 0.4) is 0 Å². The Hall–Kier alpha value is -2.76. The van der Waals surface area contributed by atoms with Crippen molar-refractivity contribution in [2.24, 2.45) is 0 Å². The van der Waals surface area contributed by atoms with E-state index in [4.69, 9.17) is 9.47 Å². The maximum Gasteiger partial charge on any atom is 0.244 e. The van der Waals surface area contributed by atoms with E-state index >= 15 is 0 Å². The number of carbonyl (C=O) groups is 2. The van der Waals surface area contributed by atoms with Gasteiger partial charge in [-0.15, -0.1) is 0 Å². The van der Waals surface area contributed by atoms with Crippen molar-refractivity contribution < 1.29 is 19.1 Å². The third-order valence-corrected chi connectivity index (χ3v) is 2.77. The Balaban J connectivity index is 2.56. The van der Waals surface area contributed by atoms with Crippen LogP contribution in [-0.2, 0) is 9.59 Å². The molecular formula is C17H22N2O4. The molecule has 0 unspecified atom stereocenters. The molecule has 0 fully saturated rings. The van der Waals surface area contributed by atoms with Gasteiger partial charge in [0.25, 0.3) is 0 Å². The number of rotatable bonds is 9. The summed E-state index contributed by atoms with van der Waals surface area (Å²) < 4.78 is 10.7. The average Bonchev–Trinajstić information content (AvgIpc) is 2.55. The first-order chi connectivity index (χ1) is 11.1. The zero-order chi connectivity index (χ0) is 17.1. The van der Waals surface area contributed by atoms with Crippen LogP contribution in [0.15, 0.2) is 36.9 Å². The summed E-state index contributed by atoms with van der Waals surface area (Å²) >= 11 is 0. The molecular weight excluding hydrogens is 296 g/mol. The molecule has 2 amide bonds. The lowest BCUT2D eigenvalue weighted by Crippen LogP contribution is -2.32. The molecule has 23 heavy (non-hydrogen) atoms. The molecule has 0 aromatic heterocycles. The molecule has 0 saturated heterocycles. The summed E-state index contributed by atoms with van der Waals surface area (Å²) in [6, 6.07) is 5.37. The van der Waals surface area contributed by atoms with E-state index in [1.807, 2.05) is 6.07 Å². The zero-order valence-corrected chi connectivity index (χ0v) is 13.4. The predicted molar refractivity (Wildman–Crippen MR) is 89.4 cm³/mol. The van der Waals surface area contributed by atoms with Crippen LogP contribution >= 0.6 is 0 Å². The lowest BCUT2D eigenvalue weighted by Gasteiger charge is -2.09. The van der Waals surface area contributed by atoms with E-state index in [9.17, 15) is 9.59 Å². The second kappa shape index (κ2) is 10.0. The predicted octanol–water partition coefficient (Wildman–Crippen LogP) is 1.53. The standard InChI is InChI=1S/C17H22N2O4/c1-4-11-23-15-7-5-14(12-16(15)22-3)6-8-17(21)19-10-9-18-13(2)20/h4-8,12H,1,9-11H2,2-3H3,(H,18,20)(H,19,21)/b8-6+. The molecule has 124 valence electrons. The first-order valence-corrected chi connectivity index (χ1v) is 7.19. The molecule has 2 N–H and O–H groups in total. The van der Waals surface area contributed by atoms with Gasteiger partial charge in [-0.05, 0) is 23.8 Å². The van der Waals surface area contributed by atoms with Gasteiger partial charge in [0.05, 0.1) is 7.11 Å². The first kappa shape index (κ1) is 18.3. The van der Waals surface area contributed by atoms with Crippen molar-refractivity contribution >= 4 is 17.9 Å². The maximum absolute atomic E-state index is 11.6. The van der Waals surface area contributed by atoms with E-state index in [-0.39, 0.29) is 11.8 Å². The molecule has 0 atom stereocenters. The van der Waals surface area contributed by atoms with Gasteiger partial charge in [-0.3, -0.25) is 9.59 Å². The summed E-state index contributed by atoms with van der Waals surface area (Å²) in [7, 11) is 1.55. The van der Waals surface area contributed by atoms with E-state index in [1.165, 1.54) is 13.0 Å². The van der Waals surface area contributed by atoms with Crippen LogP contribution in [0.4, 0.5) is 0 Å². The molecule has 6 heteroatoms. The van der Waals surface area contributed by atoms with E-state index in [1.54, 1.807) is 31.4 Å². The third-order valence-electron chi connectivity index (χ3n) is 2.77. The molecule has 1 aromatic rings. The normalized spacial score (nSPS) is 10.2. The minimum atomic E-state index is -0.235. The van der Waals surface area contributed by atoms with Crippen LogP contribution < -0.4 is 20.1 Å². The first-order valence-electron chi connectivity index (χ1n) is 7.19. The molecule has 1 rings (SSSR count). The monoisotopic (exact) mass is 318 g/mol. The summed E-state index contributed by atoms with van der Waals surface area (Å²) in [5.74, 6) is 0.839. The summed E-state index contributed by atoms with van der Waals surface area (Å²) in [6.07, 6.45) is 4.75. The quantitative estimate of drug-likeness (QED) is 0.411. The molecule has 0 bridgehead atoms. The Labute approximate surface area is 136 Å². The minimum Gasteiger partial charge on any atom is -0.493 e. The summed E-state index contributed by atoms with van der Waals surface area (Å²) in [6.45, 7) is 6.19. The highest BCUT2D eigenvalue weighted by Gasteiger charge is 2.04. The SMILES string of the molecule is C=CCOc1ccc(/C=C/C(=O)NCCNC(C)=O)cc1OC. The number of carbonyl (C=O) groups excluding carboxylic acids is 2. The third kappa shape index (κ3) is 7.17. The molecule has 0 aliphatic heterocycles. The largest absolute Gasteiger partial charge is 0.493 e. The highest BCUT2D eigenvalue weighted by Crippen LogP contribution is 2.28. The molecule has 0 radical (unpaired) electrons. The molecule has 6 nitrogen and oxygen atoms in total. The van der Waals surface area contributed by atoms with E-state index in [0.717, 1.165) is 5.56 Å². The van der Waals surface area contributed by atoms with Crippen molar-refractivity contribution in [1.29, 1.82) is 0 Å². The van der Waals surface area contributed by atoms with Crippen LogP contribution in [0, 0.1) is 0 Å². The highest BCUT2D eigenvalue weighted by atomic mass is 16.5. The molecule has 0 aliphatic rings. The van der Waals surface area contributed by atoms with Gasteiger partial charge < -0.3 is 20.1 Å². The minimum absolute atomic E-state index is 0.124. The van der Waals surface area contributed by atoms with Gasteiger partial charge in [0.1, 0.15) is 6.61 Å². The fraction of sp³-hybridized carbons (Fsp3) is 0.294. The fourth-order valence-corrected chi connectivity index (χ4v) is 1.71. The smallest absolute Gasteiger partial charge is 0.244 e. The molecule has 0 saturated carbocycles. The summed E-state index contributed by atoms with van der Waals surface area (Å²) in [5, 5.41) is 5.27. The van der Waals surface area contributed by atoms with Gasteiger partial charge in [0.2, 0.25) is 11.8 Å². The van der Waals surface area contributed by atoms with Gasteiger partial charge in [-0.2, -0.15) is 0 Å². The topological polar surface area (TPSA) is 76.7 Å². The zero-order valence-electron chi connectivity index (χ0n) is 13.4. The summed E-state index contributed by atoms with van der Waals surface area (Å²) in [5.41, 5.74) is 0.810. The molecule has 1 aromatic carbocycles. The number of benzene rings is 1.